The Morgan fingerprint density at radius 3 is 2.52 bits per heavy atom. The Hall–Kier alpha value is -2.63. The minimum atomic E-state index is 0.419. The Morgan fingerprint density at radius 1 is 1.00 bits per heavy atom. The van der Waals surface area contributed by atoms with Crippen LogP contribution in [0.3, 0.4) is 0 Å². The third kappa shape index (κ3) is 4.04. The molecule has 4 rings (SSSR count). The van der Waals surface area contributed by atoms with Crippen molar-refractivity contribution in [3.05, 3.63) is 65.4 Å². The molecule has 27 heavy (non-hydrogen) atoms. The second kappa shape index (κ2) is 7.94. The lowest BCUT2D eigenvalue weighted by atomic mass is 9.83. The van der Waals surface area contributed by atoms with E-state index in [-0.39, 0.29) is 0 Å². The Kier molecular flexibility index (Phi) is 5.23. The van der Waals surface area contributed by atoms with Gasteiger partial charge in [-0.2, -0.15) is 0 Å². The second-order valence-electron chi connectivity index (χ2n) is 7.32. The maximum absolute atomic E-state index is 5.63. The first-order valence-electron chi connectivity index (χ1n) is 9.55. The average Bonchev–Trinajstić information content (AvgIpc) is 2.72. The Morgan fingerprint density at radius 2 is 1.78 bits per heavy atom. The van der Waals surface area contributed by atoms with Crippen molar-refractivity contribution in [1.29, 1.82) is 0 Å². The van der Waals surface area contributed by atoms with Crippen LogP contribution in [-0.2, 0) is 0 Å². The van der Waals surface area contributed by atoms with Crippen molar-refractivity contribution in [3.8, 4) is 0 Å². The quantitative estimate of drug-likeness (QED) is 0.544. The topological polar surface area (TPSA) is 76.7 Å². The molecule has 0 bridgehead atoms. The molecule has 1 aliphatic carbocycles. The number of aryl methyl sites for hydroxylation is 1. The molecule has 0 spiro atoms. The van der Waals surface area contributed by atoms with E-state index in [0.29, 0.717) is 12.0 Å². The van der Waals surface area contributed by atoms with Gasteiger partial charge in [0.25, 0.3) is 0 Å². The molecule has 0 amide bonds. The van der Waals surface area contributed by atoms with E-state index in [9.17, 15) is 0 Å². The molecule has 0 atom stereocenters. The molecule has 0 aliphatic heterocycles. The number of aromatic nitrogens is 3. The fourth-order valence-electron chi connectivity index (χ4n) is 3.85. The molecule has 0 unspecified atom stereocenters. The number of benzene rings is 1. The van der Waals surface area contributed by atoms with Crippen molar-refractivity contribution in [2.45, 2.75) is 44.6 Å². The van der Waals surface area contributed by atoms with Gasteiger partial charge >= 0.3 is 0 Å². The number of rotatable bonds is 4. The van der Waals surface area contributed by atoms with Crippen LogP contribution in [0.4, 0.5) is 0 Å². The predicted molar refractivity (Wildman–Crippen MR) is 110 cm³/mol. The zero-order valence-corrected chi connectivity index (χ0v) is 15.6. The van der Waals surface area contributed by atoms with Crippen LogP contribution in [0.15, 0.2) is 42.7 Å². The molecule has 1 aromatic carbocycles. The Balaban J connectivity index is 1.72. The van der Waals surface area contributed by atoms with E-state index in [0.717, 1.165) is 42.6 Å². The van der Waals surface area contributed by atoms with Crippen molar-refractivity contribution in [2.24, 2.45) is 5.84 Å². The fourth-order valence-corrected chi connectivity index (χ4v) is 3.85. The maximum atomic E-state index is 5.63. The number of nitrogens with two attached hydrogens (primary N) is 1. The van der Waals surface area contributed by atoms with Gasteiger partial charge in [-0.3, -0.25) is 16.3 Å². The summed E-state index contributed by atoms with van der Waals surface area (Å²) >= 11 is 0. The standard InChI is InChI=1S/C22H25N5/c1-15-2-8-20-19(14-15)22(17-4-6-18(27-23)7-5-17)26-21(25-20)9-3-16-10-12-24-13-11-16/h2-3,8-14,17-18,27H,4-7,23H2,1H3. The summed E-state index contributed by atoms with van der Waals surface area (Å²) in [7, 11) is 0. The molecule has 3 aromatic rings. The SMILES string of the molecule is Cc1ccc2nc(C=Cc3ccncc3)nc(C3CCC(NN)CC3)c2c1. The van der Waals surface area contributed by atoms with Crippen molar-refractivity contribution in [3.63, 3.8) is 0 Å². The molecule has 3 N–H and O–H groups in total. The van der Waals surface area contributed by atoms with E-state index in [2.05, 4.69) is 35.5 Å². The van der Waals surface area contributed by atoms with E-state index in [1.165, 1.54) is 16.6 Å². The van der Waals surface area contributed by atoms with Crippen molar-refractivity contribution < 1.29 is 0 Å². The van der Waals surface area contributed by atoms with Gasteiger partial charge in [0, 0.05) is 29.7 Å². The highest BCUT2D eigenvalue weighted by atomic mass is 15.2. The first kappa shape index (κ1) is 17.8. The summed E-state index contributed by atoms with van der Waals surface area (Å²) in [4.78, 5) is 13.8. The minimum absolute atomic E-state index is 0.419. The molecule has 0 radical (unpaired) electrons. The Bertz CT molecular complexity index is 944. The molecular weight excluding hydrogens is 334 g/mol. The van der Waals surface area contributed by atoms with Gasteiger partial charge in [0.05, 0.1) is 11.2 Å². The summed E-state index contributed by atoms with van der Waals surface area (Å²) in [5.74, 6) is 6.84. The van der Waals surface area contributed by atoms with E-state index in [1.807, 2.05) is 24.3 Å². The molecule has 2 aromatic heterocycles. The minimum Gasteiger partial charge on any atom is -0.271 e. The molecule has 5 heteroatoms. The largest absolute Gasteiger partial charge is 0.271 e. The zero-order chi connectivity index (χ0) is 18.6. The van der Waals surface area contributed by atoms with Crippen LogP contribution in [0.5, 0.6) is 0 Å². The zero-order valence-electron chi connectivity index (χ0n) is 15.6. The highest BCUT2D eigenvalue weighted by Crippen LogP contribution is 2.35. The van der Waals surface area contributed by atoms with E-state index in [1.54, 1.807) is 12.4 Å². The number of nitrogens with zero attached hydrogens (tertiary/aromatic N) is 3. The first-order chi connectivity index (χ1) is 13.2. The maximum Gasteiger partial charge on any atom is 0.152 e. The molecular formula is C22H25N5. The number of pyridine rings is 1. The normalized spacial score (nSPS) is 20.4. The highest BCUT2D eigenvalue weighted by Gasteiger charge is 2.24. The van der Waals surface area contributed by atoms with Gasteiger partial charge in [-0.15, -0.1) is 0 Å². The average molecular weight is 359 g/mol. The smallest absolute Gasteiger partial charge is 0.152 e. The lowest BCUT2D eigenvalue weighted by Gasteiger charge is -2.28. The van der Waals surface area contributed by atoms with Gasteiger partial charge in [0.15, 0.2) is 5.82 Å². The third-order valence-corrected chi connectivity index (χ3v) is 5.38. The number of hydrogen-bond donors (Lipinski definition) is 2. The second-order valence-corrected chi connectivity index (χ2v) is 7.32. The van der Waals surface area contributed by atoms with E-state index < -0.39 is 0 Å². The van der Waals surface area contributed by atoms with E-state index >= 15 is 0 Å². The van der Waals surface area contributed by atoms with Crippen LogP contribution >= 0.6 is 0 Å². The molecule has 0 saturated heterocycles. The molecule has 1 saturated carbocycles. The summed E-state index contributed by atoms with van der Waals surface area (Å²) in [5, 5.41) is 1.18. The van der Waals surface area contributed by atoms with Crippen LogP contribution < -0.4 is 11.3 Å². The lowest BCUT2D eigenvalue weighted by Crippen LogP contribution is -2.37. The number of fused-ring (bicyclic) bond motifs is 1. The predicted octanol–water partition coefficient (Wildman–Crippen LogP) is 3.99. The van der Waals surface area contributed by atoms with Crippen LogP contribution in [0.2, 0.25) is 0 Å². The molecule has 1 aliphatic rings. The highest BCUT2D eigenvalue weighted by molar-refractivity contribution is 5.83. The monoisotopic (exact) mass is 359 g/mol. The molecule has 1 fully saturated rings. The van der Waals surface area contributed by atoms with E-state index in [4.69, 9.17) is 15.8 Å². The third-order valence-electron chi connectivity index (χ3n) is 5.38. The van der Waals surface area contributed by atoms with Crippen LogP contribution in [0, 0.1) is 6.92 Å². The summed E-state index contributed by atoms with van der Waals surface area (Å²) < 4.78 is 0. The number of hydrogen-bond acceptors (Lipinski definition) is 5. The summed E-state index contributed by atoms with van der Waals surface area (Å²) in [5.41, 5.74) is 7.44. The summed E-state index contributed by atoms with van der Waals surface area (Å²) in [6.07, 6.45) is 12.0. The van der Waals surface area contributed by atoms with Crippen LogP contribution in [0.25, 0.3) is 23.1 Å². The molecule has 5 nitrogen and oxygen atoms in total. The van der Waals surface area contributed by atoms with Gasteiger partial charge in [-0.1, -0.05) is 17.7 Å². The molecule has 138 valence electrons. The summed E-state index contributed by atoms with van der Waals surface area (Å²) in [6.45, 7) is 2.12. The molecule has 2 heterocycles. The van der Waals surface area contributed by atoms with Crippen LogP contribution in [-0.4, -0.2) is 21.0 Å². The van der Waals surface area contributed by atoms with Crippen LogP contribution in [0.1, 0.15) is 54.2 Å². The first-order valence-corrected chi connectivity index (χ1v) is 9.55. The number of hydrazine groups is 1. The van der Waals surface area contributed by atoms with Gasteiger partial charge in [-0.05, 0) is 68.5 Å². The van der Waals surface area contributed by atoms with Gasteiger partial charge < -0.3 is 0 Å². The van der Waals surface area contributed by atoms with Crippen molar-refractivity contribution in [1.82, 2.24) is 20.4 Å². The Labute approximate surface area is 159 Å². The lowest BCUT2D eigenvalue weighted by molar-refractivity contribution is 0.344. The fraction of sp³-hybridized carbons (Fsp3) is 0.318. The van der Waals surface area contributed by atoms with Gasteiger partial charge in [-0.25, -0.2) is 9.97 Å². The van der Waals surface area contributed by atoms with Gasteiger partial charge in [0.2, 0.25) is 0 Å². The van der Waals surface area contributed by atoms with Crippen molar-refractivity contribution >= 4 is 23.1 Å². The summed E-state index contributed by atoms with van der Waals surface area (Å²) in [6, 6.07) is 10.8. The van der Waals surface area contributed by atoms with Crippen molar-refractivity contribution in [2.75, 3.05) is 0 Å². The number of nitrogens with one attached hydrogen (secondary N) is 1. The van der Waals surface area contributed by atoms with Gasteiger partial charge in [0.1, 0.15) is 0 Å².